The van der Waals surface area contributed by atoms with E-state index in [-0.39, 0.29) is 18.2 Å². The number of hydrogen-bond acceptors (Lipinski definition) is 7. The summed E-state index contributed by atoms with van der Waals surface area (Å²) in [5.41, 5.74) is 12.4. The van der Waals surface area contributed by atoms with Gasteiger partial charge in [0.15, 0.2) is 11.3 Å². The number of hydrogen-bond donors (Lipinski definition) is 7. The molecule has 0 heterocycles. The highest BCUT2D eigenvalue weighted by Gasteiger charge is 2.45. The third kappa shape index (κ3) is 27.1. The van der Waals surface area contributed by atoms with E-state index in [1.807, 2.05) is 0 Å². The number of nitrogens with one attached hydrogen (secondary N) is 2. The third-order valence-corrected chi connectivity index (χ3v) is 6.85. The second-order valence-electron chi connectivity index (χ2n) is 11.2. The molecule has 0 aliphatic heterocycles. The Labute approximate surface area is 265 Å². The van der Waals surface area contributed by atoms with Gasteiger partial charge in [-0.2, -0.15) is 13.2 Å². The van der Waals surface area contributed by atoms with Crippen LogP contribution < -0.4 is 27.8 Å². The molecule has 0 aromatic rings. The van der Waals surface area contributed by atoms with Crippen molar-refractivity contribution in [1.29, 1.82) is 0 Å². The molecule has 15 heteroatoms. The third-order valence-electron chi connectivity index (χ3n) is 6.85. The number of halogens is 3. The molecule has 10 N–H and O–H groups in total. The highest BCUT2D eigenvalue weighted by Crippen LogP contribution is 2.16. The SMILES string of the molecule is CCCCCCCCCCCCCCNCCCC(=O)NC(C(=O)C(N)(CC)C(=O)O)C(C)C.NC(N)=O.O=C(O)C(F)(F)F. The van der Waals surface area contributed by atoms with E-state index in [0.717, 1.165) is 19.5 Å². The lowest BCUT2D eigenvalue weighted by Crippen LogP contribution is -2.62. The smallest absolute Gasteiger partial charge is 0.480 e. The van der Waals surface area contributed by atoms with Crippen molar-refractivity contribution in [2.75, 3.05) is 13.1 Å². The summed E-state index contributed by atoms with van der Waals surface area (Å²) in [5, 5.41) is 22.6. The van der Waals surface area contributed by atoms with E-state index in [1.165, 1.54) is 70.6 Å². The van der Waals surface area contributed by atoms with Crippen molar-refractivity contribution in [3.8, 4) is 0 Å². The lowest BCUT2D eigenvalue weighted by Gasteiger charge is -2.29. The maximum atomic E-state index is 12.7. The Morgan fingerprint density at radius 1 is 0.711 bits per heavy atom. The number of alkyl halides is 3. The van der Waals surface area contributed by atoms with Crippen molar-refractivity contribution in [2.24, 2.45) is 23.1 Å². The zero-order chi connectivity index (χ0) is 35.5. The molecule has 0 saturated heterocycles. The molecule has 266 valence electrons. The van der Waals surface area contributed by atoms with E-state index in [1.54, 1.807) is 20.8 Å². The summed E-state index contributed by atoms with van der Waals surface area (Å²) in [6.45, 7) is 9.07. The minimum absolute atomic E-state index is 0.0245. The van der Waals surface area contributed by atoms with Gasteiger partial charge >= 0.3 is 24.1 Å². The van der Waals surface area contributed by atoms with Crippen molar-refractivity contribution < 1.29 is 47.4 Å². The number of rotatable bonds is 23. The molecule has 12 nitrogen and oxygen atoms in total. The number of nitrogens with two attached hydrogens (primary N) is 3. The number of Topliss-reactive ketones (excluding diaryl/α,β-unsaturated/α-hetero) is 1. The van der Waals surface area contributed by atoms with Crippen molar-refractivity contribution in [3.05, 3.63) is 0 Å². The molecule has 0 bridgehead atoms. The van der Waals surface area contributed by atoms with Gasteiger partial charge in [0, 0.05) is 6.42 Å². The molecular formula is C30H58F3N5O7. The Balaban J connectivity index is -0.00000136. The highest BCUT2D eigenvalue weighted by atomic mass is 19.4. The topological polar surface area (TPSA) is 228 Å². The summed E-state index contributed by atoms with van der Waals surface area (Å²) in [7, 11) is 0. The molecule has 0 aliphatic rings. The first-order valence-electron chi connectivity index (χ1n) is 15.8. The van der Waals surface area contributed by atoms with Crippen LogP contribution in [0.3, 0.4) is 0 Å². The predicted octanol–water partition coefficient (Wildman–Crippen LogP) is 4.62. The zero-order valence-corrected chi connectivity index (χ0v) is 27.5. The largest absolute Gasteiger partial charge is 0.490 e. The molecule has 2 unspecified atom stereocenters. The van der Waals surface area contributed by atoms with Crippen LogP contribution in [0.2, 0.25) is 0 Å². The number of unbranched alkanes of at least 4 members (excludes halogenated alkanes) is 11. The number of ketones is 1. The minimum Gasteiger partial charge on any atom is -0.480 e. The van der Waals surface area contributed by atoms with Gasteiger partial charge in [-0.15, -0.1) is 0 Å². The summed E-state index contributed by atoms with van der Waals surface area (Å²) in [6, 6.07) is -1.73. The molecule has 45 heavy (non-hydrogen) atoms. The molecular weight excluding hydrogens is 599 g/mol. The van der Waals surface area contributed by atoms with E-state index in [0.29, 0.717) is 12.8 Å². The predicted molar refractivity (Wildman–Crippen MR) is 167 cm³/mol. The standard InChI is InChI=1S/C27H53N3O4.C2HF3O2.CH4N2O/c1-5-7-8-9-10-11-12-13-14-15-16-17-20-29-21-18-19-23(31)30-24(22(3)4)25(32)27(28,6-2)26(33)34;3-2(4,5)1(6)7;2-1(3)4/h22,24,29H,5-21,28H2,1-4H3,(H,30,31)(H,33,34);(H,6,7);(H4,2,3,4). The molecule has 0 saturated carbocycles. The number of urea groups is 1. The van der Waals surface area contributed by atoms with Crippen LogP contribution in [-0.2, 0) is 19.2 Å². The highest BCUT2D eigenvalue weighted by molar-refractivity contribution is 6.10. The first kappa shape index (κ1) is 46.5. The molecule has 0 radical (unpaired) electrons. The number of carbonyl (C=O) groups excluding carboxylic acids is 3. The van der Waals surface area contributed by atoms with Gasteiger partial charge in [0.2, 0.25) is 5.91 Å². The summed E-state index contributed by atoms with van der Waals surface area (Å²) in [4.78, 5) is 54.4. The lowest BCUT2D eigenvalue weighted by molar-refractivity contribution is -0.192. The summed E-state index contributed by atoms with van der Waals surface area (Å²) >= 11 is 0. The van der Waals surface area contributed by atoms with Gasteiger partial charge in [-0.3, -0.25) is 9.59 Å². The average molecular weight is 658 g/mol. The molecule has 2 atom stereocenters. The molecule has 0 aromatic heterocycles. The Morgan fingerprint density at radius 2 is 1.09 bits per heavy atom. The maximum absolute atomic E-state index is 12.7. The number of aliphatic carboxylic acids is 2. The van der Waals surface area contributed by atoms with Gasteiger partial charge < -0.3 is 38.0 Å². The quantitative estimate of drug-likeness (QED) is 0.0600. The molecule has 0 rings (SSSR count). The Morgan fingerprint density at radius 3 is 1.42 bits per heavy atom. The van der Waals surface area contributed by atoms with Crippen molar-refractivity contribution in [1.82, 2.24) is 10.6 Å². The van der Waals surface area contributed by atoms with Crippen LogP contribution in [0, 0.1) is 5.92 Å². The number of carboxylic acid groups (broad SMARTS) is 2. The number of primary amides is 2. The zero-order valence-electron chi connectivity index (χ0n) is 27.5. The number of carboxylic acids is 2. The van der Waals surface area contributed by atoms with Crippen LogP contribution in [0.15, 0.2) is 0 Å². The molecule has 0 spiro atoms. The summed E-state index contributed by atoms with van der Waals surface area (Å²) < 4.78 is 31.7. The van der Waals surface area contributed by atoms with Crippen LogP contribution >= 0.6 is 0 Å². The molecule has 3 amide bonds. The van der Waals surface area contributed by atoms with E-state index < -0.39 is 41.5 Å². The Bertz CT molecular complexity index is 841. The van der Waals surface area contributed by atoms with Crippen LogP contribution in [0.4, 0.5) is 18.0 Å². The summed E-state index contributed by atoms with van der Waals surface area (Å²) in [5.74, 6) is -5.25. The van der Waals surface area contributed by atoms with E-state index >= 15 is 0 Å². The van der Waals surface area contributed by atoms with E-state index in [2.05, 4.69) is 29.0 Å². The first-order valence-corrected chi connectivity index (χ1v) is 15.8. The van der Waals surface area contributed by atoms with Crippen LogP contribution in [-0.4, -0.2) is 70.7 Å². The van der Waals surface area contributed by atoms with Crippen molar-refractivity contribution in [3.63, 3.8) is 0 Å². The average Bonchev–Trinajstić information content (AvgIpc) is 2.94. The van der Waals surface area contributed by atoms with Crippen molar-refractivity contribution in [2.45, 2.75) is 142 Å². The minimum atomic E-state index is -5.08. The number of carbonyl (C=O) groups is 5. The van der Waals surface area contributed by atoms with Gasteiger partial charge in [0.1, 0.15) is 0 Å². The fraction of sp³-hybridized carbons (Fsp3) is 0.833. The Hall–Kier alpha value is -2.94. The maximum Gasteiger partial charge on any atom is 0.490 e. The van der Waals surface area contributed by atoms with Gasteiger partial charge in [-0.1, -0.05) is 98.3 Å². The monoisotopic (exact) mass is 657 g/mol. The van der Waals surface area contributed by atoms with Gasteiger partial charge in [0.05, 0.1) is 6.04 Å². The normalized spacial score (nSPS) is 12.9. The van der Waals surface area contributed by atoms with E-state index in [4.69, 9.17) is 20.4 Å². The van der Waals surface area contributed by atoms with Gasteiger partial charge in [-0.25, -0.2) is 14.4 Å². The van der Waals surface area contributed by atoms with Gasteiger partial charge in [0.25, 0.3) is 0 Å². The summed E-state index contributed by atoms with van der Waals surface area (Å²) in [6.07, 6.45) is 11.9. The van der Waals surface area contributed by atoms with Crippen LogP contribution in [0.5, 0.6) is 0 Å². The fourth-order valence-electron chi connectivity index (χ4n) is 4.08. The van der Waals surface area contributed by atoms with Crippen molar-refractivity contribution >= 4 is 29.7 Å². The second kappa shape index (κ2) is 27.4. The molecule has 0 fully saturated rings. The Kier molecular flexibility index (Phi) is 28.3. The molecule has 0 aromatic carbocycles. The van der Waals surface area contributed by atoms with Crippen LogP contribution in [0.25, 0.3) is 0 Å². The fourth-order valence-corrected chi connectivity index (χ4v) is 4.08. The second-order valence-corrected chi connectivity index (χ2v) is 11.2. The molecule has 0 aliphatic carbocycles. The van der Waals surface area contributed by atoms with Gasteiger partial charge in [-0.05, 0) is 38.3 Å². The van der Waals surface area contributed by atoms with Crippen LogP contribution in [0.1, 0.15) is 124 Å². The lowest BCUT2D eigenvalue weighted by atomic mass is 9.83. The van der Waals surface area contributed by atoms with E-state index in [9.17, 15) is 32.7 Å². The number of amides is 3. The first-order chi connectivity index (χ1) is 20.9.